The van der Waals surface area contributed by atoms with Crippen molar-refractivity contribution in [3.63, 3.8) is 0 Å². The van der Waals surface area contributed by atoms with Crippen molar-refractivity contribution in [1.29, 1.82) is 0 Å². The topological polar surface area (TPSA) is 108 Å². The number of para-hydroxylation sites is 1. The highest BCUT2D eigenvalue weighted by molar-refractivity contribution is 6.04. The van der Waals surface area contributed by atoms with Crippen LogP contribution in [-0.4, -0.2) is 41.9 Å². The van der Waals surface area contributed by atoms with E-state index in [2.05, 4.69) is 16.0 Å². The fourth-order valence-electron chi connectivity index (χ4n) is 3.79. The first-order valence-corrected chi connectivity index (χ1v) is 8.73. The van der Waals surface area contributed by atoms with E-state index in [0.29, 0.717) is 24.2 Å². The summed E-state index contributed by atoms with van der Waals surface area (Å²) in [6.07, 6.45) is 0.378. The van der Waals surface area contributed by atoms with Crippen LogP contribution in [0.15, 0.2) is 48.5 Å². The Morgan fingerprint density at radius 3 is 2.63 bits per heavy atom. The molecule has 0 saturated carbocycles. The minimum atomic E-state index is -0.726. The Balaban J connectivity index is 1.48. The van der Waals surface area contributed by atoms with Gasteiger partial charge in [0, 0.05) is 23.5 Å². The second-order valence-corrected chi connectivity index (χ2v) is 6.86. The summed E-state index contributed by atoms with van der Waals surface area (Å²) in [5, 5.41) is 17.7. The molecule has 7 heteroatoms. The predicted octanol–water partition coefficient (Wildman–Crippen LogP) is 1.05. The molecule has 7 nitrogen and oxygen atoms in total. The number of Topliss-reactive ketones (excluding diaryl/α,β-unsaturated/α-hetero) is 1. The molecule has 2 aliphatic rings. The molecule has 138 valence electrons. The zero-order valence-corrected chi connectivity index (χ0v) is 14.5. The largest absolute Gasteiger partial charge is 0.388 e. The molecule has 2 heterocycles. The smallest absolute Gasteiger partial charge is 0.246 e. The van der Waals surface area contributed by atoms with E-state index >= 15 is 0 Å². The van der Waals surface area contributed by atoms with E-state index in [1.165, 1.54) is 0 Å². The maximum atomic E-state index is 12.7. The van der Waals surface area contributed by atoms with Crippen LogP contribution in [0.1, 0.15) is 22.3 Å². The highest BCUT2D eigenvalue weighted by Crippen LogP contribution is 2.43. The van der Waals surface area contributed by atoms with Gasteiger partial charge in [-0.1, -0.05) is 18.2 Å². The van der Waals surface area contributed by atoms with Crippen molar-refractivity contribution in [2.24, 2.45) is 0 Å². The SMILES string of the molecule is O=C(CO)c1ccc(NC(=O)C2CC3(CNc4ccccc43)C(=O)N2)cc1. The van der Waals surface area contributed by atoms with Crippen LogP contribution in [0.2, 0.25) is 0 Å². The second kappa shape index (κ2) is 6.51. The molecule has 1 saturated heterocycles. The summed E-state index contributed by atoms with van der Waals surface area (Å²) in [5.74, 6) is -0.833. The summed E-state index contributed by atoms with van der Waals surface area (Å²) in [5.41, 5.74) is 2.02. The van der Waals surface area contributed by atoms with Crippen LogP contribution >= 0.6 is 0 Å². The summed E-state index contributed by atoms with van der Waals surface area (Å²) >= 11 is 0. The number of ketones is 1. The van der Waals surface area contributed by atoms with Gasteiger partial charge in [-0.3, -0.25) is 14.4 Å². The van der Waals surface area contributed by atoms with Crippen LogP contribution in [0.25, 0.3) is 0 Å². The van der Waals surface area contributed by atoms with E-state index in [9.17, 15) is 14.4 Å². The normalized spacial score (nSPS) is 22.9. The summed E-state index contributed by atoms with van der Waals surface area (Å²) in [6.45, 7) is -0.0860. The van der Waals surface area contributed by atoms with E-state index in [-0.39, 0.29) is 17.6 Å². The number of hydrogen-bond donors (Lipinski definition) is 4. The van der Waals surface area contributed by atoms with E-state index in [1.807, 2.05) is 24.3 Å². The lowest BCUT2D eigenvalue weighted by molar-refractivity contribution is -0.125. The average molecular weight is 365 g/mol. The second-order valence-electron chi connectivity index (χ2n) is 6.86. The predicted molar refractivity (Wildman–Crippen MR) is 99.6 cm³/mol. The molecule has 1 spiro atoms. The highest BCUT2D eigenvalue weighted by Gasteiger charge is 2.53. The number of fused-ring (bicyclic) bond motifs is 2. The number of anilines is 2. The minimum Gasteiger partial charge on any atom is -0.388 e. The molecule has 4 rings (SSSR count). The van der Waals surface area contributed by atoms with Crippen molar-refractivity contribution in [1.82, 2.24) is 5.32 Å². The van der Waals surface area contributed by atoms with Gasteiger partial charge in [-0.15, -0.1) is 0 Å². The number of carbonyl (C=O) groups is 3. The molecule has 2 unspecified atom stereocenters. The standard InChI is InChI=1S/C20H19N3O4/c24-10-17(25)12-5-7-13(8-6-12)22-18(26)16-9-20(19(27)23-16)11-21-15-4-2-1-3-14(15)20/h1-8,16,21,24H,9-11H2,(H,22,26)(H,23,27). The van der Waals surface area contributed by atoms with E-state index in [4.69, 9.17) is 5.11 Å². The van der Waals surface area contributed by atoms with Crippen molar-refractivity contribution in [3.8, 4) is 0 Å². The van der Waals surface area contributed by atoms with Crippen LogP contribution in [0.4, 0.5) is 11.4 Å². The number of aliphatic hydroxyl groups is 1. The van der Waals surface area contributed by atoms with Crippen LogP contribution in [0, 0.1) is 0 Å². The van der Waals surface area contributed by atoms with Crippen LogP contribution < -0.4 is 16.0 Å². The summed E-state index contributed by atoms with van der Waals surface area (Å²) in [6, 6.07) is 13.3. The van der Waals surface area contributed by atoms with Gasteiger partial charge in [-0.25, -0.2) is 0 Å². The lowest BCUT2D eigenvalue weighted by Gasteiger charge is -2.19. The van der Waals surface area contributed by atoms with Crippen molar-refractivity contribution in [3.05, 3.63) is 59.7 Å². The molecular formula is C20H19N3O4. The van der Waals surface area contributed by atoms with Crippen molar-refractivity contribution in [2.75, 3.05) is 23.8 Å². The Labute approximate surface area is 155 Å². The van der Waals surface area contributed by atoms with Crippen LogP contribution in [0.3, 0.4) is 0 Å². The quantitative estimate of drug-likeness (QED) is 0.606. The van der Waals surface area contributed by atoms with Gasteiger partial charge in [0.05, 0.1) is 5.41 Å². The number of carbonyl (C=O) groups excluding carboxylic acids is 3. The Bertz CT molecular complexity index is 925. The van der Waals surface area contributed by atoms with Gasteiger partial charge in [0.2, 0.25) is 11.8 Å². The van der Waals surface area contributed by atoms with Crippen LogP contribution in [0.5, 0.6) is 0 Å². The van der Waals surface area contributed by atoms with Crippen LogP contribution in [-0.2, 0) is 15.0 Å². The third-order valence-electron chi connectivity index (χ3n) is 5.25. The minimum absolute atomic E-state index is 0.149. The zero-order valence-electron chi connectivity index (χ0n) is 14.5. The molecule has 2 aliphatic heterocycles. The number of rotatable bonds is 4. The first-order chi connectivity index (χ1) is 13.0. The maximum absolute atomic E-state index is 12.7. The van der Waals surface area contributed by atoms with Gasteiger partial charge in [0.25, 0.3) is 0 Å². The third kappa shape index (κ3) is 2.86. The molecule has 2 aromatic rings. The molecule has 2 atom stereocenters. The van der Waals surface area contributed by atoms with Crippen molar-refractivity contribution < 1.29 is 19.5 Å². The van der Waals surface area contributed by atoms with Crippen molar-refractivity contribution in [2.45, 2.75) is 17.9 Å². The van der Waals surface area contributed by atoms with Gasteiger partial charge in [-0.05, 0) is 42.3 Å². The molecule has 0 aliphatic carbocycles. The van der Waals surface area contributed by atoms with Gasteiger partial charge >= 0.3 is 0 Å². The van der Waals surface area contributed by atoms with Gasteiger partial charge in [0.1, 0.15) is 12.6 Å². The molecule has 2 amide bonds. The summed E-state index contributed by atoms with van der Waals surface area (Å²) < 4.78 is 0. The Kier molecular flexibility index (Phi) is 4.16. The first-order valence-electron chi connectivity index (χ1n) is 8.73. The average Bonchev–Trinajstić information content (AvgIpc) is 3.24. The highest BCUT2D eigenvalue weighted by atomic mass is 16.3. The Hall–Kier alpha value is -3.19. The Morgan fingerprint density at radius 2 is 1.89 bits per heavy atom. The van der Waals surface area contributed by atoms with Crippen molar-refractivity contribution >= 4 is 29.0 Å². The molecule has 4 N–H and O–H groups in total. The monoisotopic (exact) mass is 365 g/mol. The van der Waals surface area contributed by atoms with Gasteiger partial charge in [0.15, 0.2) is 5.78 Å². The van der Waals surface area contributed by atoms with Gasteiger partial charge < -0.3 is 21.1 Å². The third-order valence-corrected chi connectivity index (χ3v) is 5.25. The van der Waals surface area contributed by atoms with Gasteiger partial charge in [-0.2, -0.15) is 0 Å². The fourth-order valence-corrected chi connectivity index (χ4v) is 3.79. The first kappa shape index (κ1) is 17.2. The summed E-state index contributed by atoms with van der Waals surface area (Å²) in [4.78, 5) is 36.8. The zero-order chi connectivity index (χ0) is 19.0. The number of hydrogen-bond acceptors (Lipinski definition) is 5. The lowest BCUT2D eigenvalue weighted by Crippen LogP contribution is -2.39. The number of benzene rings is 2. The number of aliphatic hydroxyl groups excluding tert-OH is 1. The molecule has 1 fully saturated rings. The lowest BCUT2D eigenvalue weighted by atomic mass is 9.79. The molecule has 2 aromatic carbocycles. The molecule has 27 heavy (non-hydrogen) atoms. The molecular weight excluding hydrogens is 346 g/mol. The molecule has 0 aromatic heterocycles. The van der Waals surface area contributed by atoms with E-state index in [1.54, 1.807) is 24.3 Å². The molecule has 0 bridgehead atoms. The molecule has 0 radical (unpaired) electrons. The fraction of sp³-hybridized carbons (Fsp3) is 0.250. The number of amides is 2. The summed E-state index contributed by atoms with van der Waals surface area (Å²) in [7, 11) is 0. The number of nitrogens with one attached hydrogen (secondary N) is 3. The Morgan fingerprint density at radius 1 is 1.15 bits per heavy atom. The van der Waals surface area contributed by atoms with E-state index in [0.717, 1.165) is 11.3 Å². The van der Waals surface area contributed by atoms with E-state index < -0.39 is 18.1 Å². The maximum Gasteiger partial charge on any atom is 0.246 e.